The van der Waals surface area contributed by atoms with E-state index in [0.29, 0.717) is 17.8 Å². The van der Waals surface area contributed by atoms with Crippen LogP contribution in [-0.4, -0.2) is 5.91 Å². The molecule has 0 saturated carbocycles. The molecule has 0 aromatic rings. The zero-order valence-corrected chi connectivity index (χ0v) is 6.50. The normalized spacial score (nSPS) is 16.6. The van der Waals surface area contributed by atoms with Gasteiger partial charge in [-0.3, -0.25) is 4.79 Å². The number of azo groups is 1. The first-order chi connectivity index (χ1) is 5.25. The van der Waals surface area contributed by atoms with Gasteiger partial charge in [-0.05, 0) is 12.8 Å². The molecule has 0 fully saturated rings. The van der Waals surface area contributed by atoms with E-state index in [1.807, 2.05) is 0 Å². The van der Waals surface area contributed by atoms with Crippen LogP contribution < -0.4 is 5.73 Å². The van der Waals surface area contributed by atoms with Crippen LogP contribution in [0.5, 0.6) is 0 Å². The lowest BCUT2D eigenvalue weighted by Crippen LogP contribution is -2.01. The van der Waals surface area contributed by atoms with Crippen molar-refractivity contribution in [2.24, 2.45) is 16.0 Å². The molecule has 1 rings (SSSR count). The van der Waals surface area contributed by atoms with Crippen LogP contribution in [0, 0.1) is 0 Å². The van der Waals surface area contributed by atoms with Crippen molar-refractivity contribution in [3.63, 3.8) is 0 Å². The Morgan fingerprint density at radius 1 is 1.45 bits per heavy atom. The Hall–Kier alpha value is -1.19. The molecular formula is C7H11N3O. The number of amides is 1. The van der Waals surface area contributed by atoms with Gasteiger partial charge in [0.1, 0.15) is 0 Å². The smallest absolute Gasteiger partial charge is 0.295 e. The lowest BCUT2D eigenvalue weighted by atomic mass is 10.1. The molecule has 11 heavy (non-hydrogen) atoms. The fourth-order valence-electron chi connectivity index (χ4n) is 0.918. The van der Waals surface area contributed by atoms with Crippen LogP contribution in [0.2, 0.25) is 0 Å². The number of carbonyl (C=O) groups is 1. The van der Waals surface area contributed by atoms with Crippen LogP contribution in [-0.2, 0) is 4.79 Å². The van der Waals surface area contributed by atoms with E-state index in [2.05, 4.69) is 17.2 Å². The summed E-state index contributed by atoms with van der Waals surface area (Å²) in [4.78, 5) is 10.9. The standard InChI is InChI=1S/C7H11N3O/c1-2-3-4-5-6(8)9-10-7(5)11/h2-4,8H2,1H3. The van der Waals surface area contributed by atoms with E-state index in [4.69, 9.17) is 5.73 Å². The predicted molar refractivity (Wildman–Crippen MR) is 40.6 cm³/mol. The Bertz CT molecular complexity index is 230. The summed E-state index contributed by atoms with van der Waals surface area (Å²) in [6.45, 7) is 2.06. The Morgan fingerprint density at radius 2 is 2.18 bits per heavy atom. The van der Waals surface area contributed by atoms with Gasteiger partial charge in [0, 0.05) is 0 Å². The first-order valence-electron chi connectivity index (χ1n) is 3.70. The SMILES string of the molecule is CCCCC1=C(N)N=NC1=O. The summed E-state index contributed by atoms with van der Waals surface area (Å²) in [6, 6.07) is 0. The monoisotopic (exact) mass is 153 g/mol. The second-order valence-electron chi connectivity index (χ2n) is 2.47. The highest BCUT2D eigenvalue weighted by Gasteiger charge is 2.17. The van der Waals surface area contributed by atoms with Gasteiger partial charge in [-0.15, -0.1) is 10.2 Å². The quantitative estimate of drug-likeness (QED) is 0.664. The van der Waals surface area contributed by atoms with Crippen LogP contribution >= 0.6 is 0 Å². The molecule has 0 atom stereocenters. The zero-order valence-electron chi connectivity index (χ0n) is 6.50. The summed E-state index contributed by atoms with van der Waals surface area (Å²) in [5.74, 6) is 0.0272. The number of carbonyl (C=O) groups excluding carboxylic acids is 1. The fraction of sp³-hybridized carbons (Fsp3) is 0.571. The maximum atomic E-state index is 10.9. The van der Waals surface area contributed by atoms with Gasteiger partial charge in [0.25, 0.3) is 5.91 Å². The van der Waals surface area contributed by atoms with E-state index in [1.54, 1.807) is 0 Å². The number of nitrogens with zero attached hydrogens (tertiary/aromatic N) is 2. The molecule has 1 aliphatic heterocycles. The largest absolute Gasteiger partial charge is 0.382 e. The van der Waals surface area contributed by atoms with Gasteiger partial charge in [0.2, 0.25) is 0 Å². The van der Waals surface area contributed by atoms with Gasteiger partial charge < -0.3 is 5.73 Å². The van der Waals surface area contributed by atoms with Crippen molar-refractivity contribution in [2.75, 3.05) is 0 Å². The molecule has 4 nitrogen and oxygen atoms in total. The lowest BCUT2D eigenvalue weighted by molar-refractivity contribution is -0.114. The molecule has 0 saturated heterocycles. The van der Waals surface area contributed by atoms with Crippen LogP contribution in [0.25, 0.3) is 0 Å². The molecule has 0 spiro atoms. The molecule has 0 unspecified atom stereocenters. The van der Waals surface area contributed by atoms with Crippen molar-refractivity contribution in [2.45, 2.75) is 26.2 Å². The van der Waals surface area contributed by atoms with Gasteiger partial charge in [-0.1, -0.05) is 13.3 Å². The molecule has 60 valence electrons. The van der Waals surface area contributed by atoms with E-state index in [0.717, 1.165) is 12.8 Å². The number of hydrogen-bond donors (Lipinski definition) is 1. The molecular weight excluding hydrogens is 142 g/mol. The van der Waals surface area contributed by atoms with Crippen LogP contribution in [0.1, 0.15) is 26.2 Å². The molecule has 1 heterocycles. The van der Waals surface area contributed by atoms with Crippen molar-refractivity contribution in [1.82, 2.24) is 0 Å². The van der Waals surface area contributed by atoms with E-state index >= 15 is 0 Å². The number of rotatable bonds is 3. The van der Waals surface area contributed by atoms with Crippen molar-refractivity contribution < 1.29 is 4.79 Å². The summed E-state index contributed by atoms with van der Waals surface area (Å²) >= 11 is 0. The predicted octanol–water partition coefficient (Wildman–Crippen LogP) is 1.34. The molecule has 0 radical (unpaired) electrons. The van der Waals surface area contributed by atoms with E-state index < -0.39 is 0 Å². The van der Waals surface area contributed by atoms with Gasteiger partial charge in [-0.25, -0.2) is 0 Å². The van der Waals surface area contributed by atoms with Crippen molar-refractivity contribution in [3.8, 4) is 0 Å². The molecule has 0 aliphatic carbocycles. The van der Waals surface area contributed by atoms with Crippen molar-refractivity contribution >= 4 is 5.91 Å². The van der Waals surface area contributed by atoms with Gasteiger partial charge in [0.05, 0.1) is 5.57 Å². The van der Waals surface area contributed by atoms with E-state index in [9.17, 15) is 4.79 Å². The first-order valence-corrected chi connectivity index (χ1v) is 3.70. The summed E-state index contributed by atoms with van der Waals surface area (Å²) in [5, 5.41) is 6.82. The molecule has 2 N–H and O–H groups in total. The minimum absolute atomic E-state index is 0.268. The van der Waals surface area contributed by atoms with Crippen molar-refractivity contribution in [1.29, 1.82) is 0 Å². The highest BCUT2D eigenvalue weighted by atomic mass is 16.2. The van der Waals surface area contributed by atoms with E-state index in [-0.39, 0.29) is 5.91 Å². The summed E-state index contributed by atoms with van der Waals surface area (Å²) < 4.78 is 0. The first kappa shape index (κ1) is 7.91. The number of unbranched alkanes of at least 4 members (excludes halogenated alkanes) is 1. The summed E-state index contributed by atoms with van der Waals surface area (Å²) in [6.07, 6.45) is 2.71. The highest BCUT2D eigenvalue weighted by Crippen LogP contribution is 2.17. The highest BCUT2D eigenvalue weighted by molar-refractivity contribution is 5.95. The lowest BCUT2D eigenvalue weighted by Gasteiger charge is -1.95. The average molecular weight is 153 g/mol. The molecule has 0 bridgehead atoms. The van der Waals surface area contributed by atoms with Crippen molar-refractivity contribution in [3.05, 3.63) is 11.4 Å². The average Bonchev–Trinajstić information content (AvgIpc) is 2.29. The Labute approximate surface area is 65.2 Å². The third kappa shape index (κ3) is 1.63. The minimum Gasteiger partial charge on any atom is -0.382 e. The molecule has 1 amide bonds. The Kier molecular flexibility index (Phi) is 2.36. The summed E-state index contributed by atoms with van der Waals surface area (Å²) in [7, 11) is 0. The molecule has 4 heteroatoms. The van der Waals surface area contributed by atoms with Crippen LogP contribution in [0.3, 0.4) is 0 Å². The van der Waals surface area contributed by atoms with E-state index in [1.165, 1.54) is 0 Å². The topological polar surface area (TPSA) is 67.8 Å². The van der Waals surface area contributed by atoms with Crippen LogP contribution in [0.4, 0.5) is 0 Å². The minimum atomic E-state index is -0.268. The third-order valence-electron chi connectivity index (χ3n) is 1.60. The number of nitrogens with two attached hydrogens (primary N) is 1. The Morgan fingerprint density at radius 3 is 2.64 bits per heavy atom. The molecule has 0 aromatic heterocycles. The zero-order chi connectivity index (χ0) is 8.27. The van der Waals surface area contributed by atoms with Gasteiger partial charge in [-0.2, -0.15) is 0 Å². The fourth-order valence-corrected chi connectivity index (χ4v) is 0.918. The van der Waals surface area contributed by atoms with Crippen LogP contribution in [0.15, 0.2) is 21.6 Å². The summed E-state index contributed by atoms with van der Waals surface area (Å²) in [5.41, 5.74) is 5.98. The third-order valence-corrected chi connectivity index (χ3v) is 1.60. The molecule has 1 aliphatic rings. The Balaban J connectivity index is 2.58. The molecule has 0 aromatic carbocycles. The second-order valence-corrected chi connectivity index (χ2v) is 2.47. The maximum Gasteiger partial charge on any atom is 0.295 e. The van der Waals surface area contributed by atoms with Gasteiger partial charge >= 0.3 is 0 Å². The van der Waals surface area contributed by atoms with Gasteiger partial charge in [0.15, 0.2) is 5.82 Å². The second kappa shape index (κ2) is 3.27. The number of hydrogen-bond acceptors (Lipinski definition) is 3. The maximum absolute atomic E-state index is 10.9.